The standard InChI is InChI=1S/C12H16O3S/c1-9(8-15-10(2)13)5-6-11(14)12-4-3-7-16-12/h3-4,7,9H,5-6,8H2,1-2H3/t9-/m1/s1. The maximum absolute atomic E-state index is 11.7. The summed E-state index contributed by atoms with van der Waals surface area (Å²) in [6.45, 7) is 3.77. The maximum atomic E-state index is 11.7. The Bertz CT molecular complexity index is 343. The topological polar surface area (TPSA) is 43.4 Å². The Morgan fingerprint density at radius 2 is 2.25 bits per heavy atom. The number of carbonyl (C=O) groups excluding carboxylic acids is 2. The summed E-state index contributed by atoms with van der Waals surface area (Å²) in [5, 5.41) is 1.90. The first kappa shape index (κ1) is 12.9. The van der Waals surface area contributed by atoms with Gasteiger partial charge in [0.1, 0.15) is 0 Å². The molecule has 1 rings (SSSR count). The summed E-state index contributed by atoms with van der Waals surface area (Å²) in [7, 11) is 0. The van der Waals surface area contributed by atoms with Gasteiger partial charge in [0.2, 0.25) is 0 Å². The van der Waals surface area contributed by atoms with Crippen LogP contribution in [-0.2, 0) is 9.53 Å². The van der Waals surface area contributed by atoms with Crippen molar-refractivity contribution < 1.29 is 14.3 Å². The molecule has 3 nitrogen and oxygen atoms in total. The van der Waals surface area contributed by atoms with Crippen molar-refractivity contribution >= 4 is 23.1 Å². The predicted octanol–water partition coefficient (Wildman–Crippen LogP) is 2.91. The number of rotatable bonds is 6. The molecule has 0 saturated heterocycles. The van der Waals surface area contributed by atoms with E-state index in [2.05, 4.69) is 0 Å². The molecule has 1 aromatic heterocycles. The molecule has 0 unspecified atom stereocenters. The second-order valence-corrected chi connectivity index (χ2v) is 4.79. The zero-order valence-corrected chi connectivity index (χ0v) is 10.4. The van der Waals surface area contributed by atoms with Crippen LogP contribution in [-0.4, -0.2) is 18.4 Å². The van der Waals surface area contributed by atoms with Crippen molar-refractivity contribution in [2.24, 2.45) is 5.92 Å². The molecular formula is C12H16O3S. The molecule has 0 aromatic carbocycles. The van der Waals surface area contributed by atoms with Crippen LogP contribution in [0.2, 0.25) is 0 Å². The normalized spacial score (nSPS) is 12.1. The third-order valence-corrected chi connectivity index (χ3v) is 3.14. The number of hydrogen-bond acceptors (Lipinski definition) is 4. The van der Waals surface area contributed by atoms with Crippen LogP contribution in [0.3, 0.4) is 0 Å². The lowest BCUT2D eigenvalue weighted by Crippen LogP contribution is -2.10. The molecule has 0 N–H and O–H groups in total. The second-order valence-electron chi connectivity index (χ2n) is 3.85. The van der Waals surface area contributed by atoms with Gasteiger partial charge < -0.3 is 4.74 Å². The van der Waals surface area contributed by atoms with Crippen molar-refractivity contribution in [2.75, 3.05) is 6.61 Å². The molecule has 4 heteroatoms. The van der Waals surface area contributed by atoms with Gasteiger partial charge in [-0.3, -0.25) is 9.59 Å². The van der Waals surface area contributed by atoms with Gasteiger partial charge in [0.15, 0.2) is 5.78 Å². The average molecular weight is 240 g/mol. The number of thiophene rings is 1. The molecule has 0 fully saturated rings. The molecule has 16 heavy (non-hydrogen) atoms. The van der Waals surface area contributed by atoms with Crippen LogP contribution in [0, 0.1) is 5.92 Å². The Labute approximate surface area is 99.4 Å². The Balaban J connectivity index is 2.24. The fourth-order valence-electron chi connectivity index (χ4n) is 1.28. The zero-order chi connectivity index (χ0) is 12.0. The van der Waals surface area contributed by atoms with Crippen molar-refractivity contribution in [3.63, 3.8) is 0 Å². The van der Waals surface area contributed by atoms with E-state index in [0.29, 0.717) is 13.0 Å². The van der Waals surface area contributed by atoms with E-state index in [1.165, 1.54) is 18.3 Å². The minimum Gasteiger partial charge on any atom is -0.466 e. The third kappa shape index (κ3) is 4.57. The van der Waals surface area contributed by atoms with Crippen molar-refractivity contribution in [1.82, 2.24) is 0 Å². The first-order valence-electron chi connectivity index (χ1n) is 5.29. The number of Topliss-reactive ketones (excluding diaryl/α,β-unsaturated/α-hetero) is 1. The molecule has 0 bridgehead atoms. The molecule has 0 aliphatic rings. The summed E-state index contributed by atoms with van der Waals surface area (Å²) in [6, 6.07) is 3.71. The van der Waals surface area contributed by atoms with E-state index >= 15 is 0 Å². The van der Waals surface area contributed by atoms with E-state index in [1.807, 2.05) is 24.4 Å². The lowest BCUT2D eigenvalue weighted by molar-refractivity contribution is -0.142. The SMILES string of the molecule is CC(=O)OC[C@H](C)CCC(=O)c1cccs1. The molecule has 1 aromatic rings. The molecule has 0 radical (unpaired) electrons. The lowest BCUT2D eigenvalue weighted by atomic mass is 10.0. The van der Waals surface area contributed by atoms with Crippen LogP contribution in [0.5, 0.6) is 0 Å². The van der Waals surface area contributed by atoms with Gasteiger partial charge in [-0.1, -0.05) is 13.0 Å². The summed E-state index contributed by atoms with van der Waals surface area (Å²) in [4.78, 5) is 23.0. The fourth-order valence-corrected chi connectivity index (χ4v) is 1.98. The Morgan fingerprint density at radius 1 is 1.50 bits per heavy atom. The highest BCUT2D eigenvalue weighted by atomic mass is 32.1. The van der Waals surface area contributed by atoms with Crippen LogP contribution in [0.4, 0.5) is 0 Å². The predicted molar refractivity (Wildman–Crippen MR) is 63.7 cm³/mol. The fraction of sp³-hybridized carbons (Fsp3) is 0.500. The highest BCUT2D eigenvalue weighted by Gasteiger charge is 2.10. The molecule has 88 valence electrons. The summed E-state index contributed by atoms with van der Waals surface area (Å²) >= 11 is 1.47. The number of ether oxygens (including phenoxy) is 1. The van der Waals surface area contributed by atoms with Gasteiger partial charge in [0.25, 0.3) is 0 Å². The molecule has 0 spiro atoms. The number of carbonyl (C=O) groups is 2. The van der Waals surface area contributed by atoms with E-state index < -0.39 is 0 Å². The van der Waals surface area contributed by atoms with Crippen LogP contribution < -0.4 is 0 Å². The molecular weight excluding hydrogens is 224 g/mol. The Kier molecular flexibility index (Phi) is 5.19. The second kappa shape index (κ2) is 6.43. The van der Waals surface area contributed by atoms with Gasteiger partial charge in [-0.15, -0.1) is 11.3 Å². The summed E-state index contributed by atoms with van der Waals surface area (Å²) in [5.41, 5.74) is 0. The average Bonchev–Trinajstić information content (AvgIpc) is 2.76. The minimum absolute atomic E-state index is 0.171. The molecule has 0 aliphatic carbocycles. The van der Waals surface area contributed by atoms with Crippen molar-refractivity contribution in [1.29, 1.82) is 0 Å². The minimum atomic E-state index is -0.267. The Morgan fingerprint density at radius 3 is 2.81 bits per heavy atom. The quantitative estimate of drug-likeness (QED) is 0.567. The van der Waals surface area contributed by atoms with Gasteiger partial charge in [0.05, 0.1) is 11.5 Å². The first-order chi connectivity index (χ1) is 7.59. The Hall–Kier alpha value is -1.16. The van der Waals surface area contributed by atoms with Crippen molar-refractivity contribution in [2.45, 2.75) is 26.7 Å². The summed E-state index contributed by atoms with van der Waals surface area (Å²) in [5.74, 6) is 0.133. The van der Waals surface area contributed by atoms with E-state index in [4.69, 9.17) is 4.74 Å². The number of esters is 1. The largest absolute Gasteiger partial charge is 0.466 e. The molecule has 0 amide bonds. The van der Waals surface area contributed by atoms with Gasteiger partial charge in [0, 0.05) is 13.3 Å². The number of ketones is 1. The lowest BCUT2D eigenvalue weighted by Gasteiger charge is -2.09. The van der Waals surface area contributed by atoms with Crippen molar-refractivity contribution in [3.05, 3.63) is 22.4 Å². The summed E-state index contributed by atoms with van der Waals surface area (Å²) in [6.07, 6.45) is 1.27. The maximum Gasteiger partial charge on any atom is 0.302 e. The van der Waals surface area contributed by atoms with Crippen LogP contribution >= 0.6 is 11.3 Å². The first-order valence-corrected chi connectivity index (χ1v) is 6.17. The van der Waals surface area contributed by atoms with E-state index in [-0.39, 0.29) is 17.7 Å². The molecule has 0 aliphatic heterocycles. The monoisotopic (exact) mass is 240 g/mol. The van der Waals surface area contributed by atoms with Gasteiger partial charge >= 0.3 is 5.97 Å². The molecule has 1 atom stereocenters. The summed E-state index contributed by atoms with van der Waals surface area (Å²) < 4.78 is 4.88. The van der Waals surface area contributed by atoms with E-state index in [9.17, 15) is 9.59 Å². The van der Waals surface area contributed by atoms with Gasteiger partial charge in [-0.05, 0) is 23.8 Å². The molecule has 1 heterocycles. The van der Waals surface area contributed by atoms with Crippen LogP contribution in [0.25, 0.3) is 0 Å². The number of hydrogen-bond donors (Lipinski definition) is 0. The van der Waals surface area contributed by atoms with E-state index in [0.717, 1.165) is 11.3 Å². The van der Waals surface area contributed by atoms with Crippen molar-refractivity contribution in [3.8, 4) is 0 Å². The van der Waals surface area contributed by atoms with Gasteiger partial charge in [-0.2, -0.15) is 0 Å². The smallest absolute Gasteiger partial charge is 0.302 e. The van der Waals surface area contributed by atoms with Crippen LogP contribution in [0.15, 0.2) is 17.5 Å². The van der Waals surface area contributed by atoms with E-state index in [1.54, 1.807) is 0 Å². The molecule has 0 saturated carbocycles. The van der Waals surface area contributed by atoms with Gasteiger partial charge in [-0.25, -0.2) is 0 Å². The zero-order valence-electron chi connectivity index (χ0n) is 9.56. The highest BCUT2D eigenvalue weighted by Crippen LogP contribution is 2.15. The van der Waals surface area contributed by atoms with Crippen LogP contribution in [0.1, 0.15) is 36.4 Å². The highest BCUT2D eigenvalue weighted by molar-refractivity contribution is 7.12. The third-order valence-electron chi connectivity index (χ3n) is 2.23.